The van der Waals surface area contributed by atoms with E-state index in [4.69, 9.17) is 10.5 Å². The average Bonchev–Trinajstić information content (AvgIpc) is 2.83. The van der Waals surface area contributed by atoms with Crippen molar-refractivity contribution in [2.75, 3.05) is 12.8 Å². The van der Waals surface area contributed by atoms with E-state index < -0.39 is 5.97 Å². The van der Waals surface area contributed by atoms with Crippen molar-refractivity contribution in [3.63, 3.8) is 0 Å². The Bertz CT molecular complexity index is 595. The normalized spacial score (nSPS) is 10.4. The minimum Gasteiger partial charge on any atom is -0.465 e. The molecule has 0 aliphatic heterocycles. The number of ether oxygens (including phenoxy) is 1. The molecular weight excluding hydrogens is 310 g/mol. The zero-order valence-electron chi connectivity index (χ0n) is 10.5. The number of carbonyl (C=O) groups is 1. The van der Waals surface area contributed by atoms with Crippen molar-refractivity contribution in [2.24, 2.45) is 0 Å². The lowest BCUT2D eigenvalue weighted by molar-refractivity contribution is 0.0602. The molecule has 1 heterocycles. The predicted octanol–water partition coefficient (Wildman–Crippen LogP) is 2.26. The quantitative estimate of drug-likeness (QED) is 0.692. The van der Waals surface area contributed by atoms with Crippen molar-refractivity contribution in [1.29, 1.82) is 0 Å². The molecule has 0 saturated heterocycles. The molecule has 0 aliphatic rings. The Morgan fingerprint density at radius 3 is 2.95 bits per heavy atom. The molecule has 0 spiro atoms. The highest BCUT2D eigenvalue weighted by atomic mass is 79.9. The van der Waals surface area contributed by atoms with Crippen molar-refractivity contribution in [3.8, 4) is 0 Å². The van der Waals surface area contributed by atoms with E-state index >= 15 is 0 Å². The van der Waals surface area contributed by atoms with Gasteiger partial charge >= 0.3 is 5.97 Å². The summed E-state index contributed by atoms with van der Waals surface area (Å²) < 4.78 is 7.47. The van der Waals surface area contributed by atoms with Crippen LogP contribution in [0, 0.1) is 0 Å². The van der Waals surface area contributed by atoms with Crippen LogP contribution in [0.15, 0.2) is 35.1 Å². The Labute approximate surface area is 119 Å². The number of hydrogen-bond donors (Lipinski definition) is 1. The van der Waals surface area contributed by atoms with E-state index in [1.807, 2.05) is 16.9 Å². The minimum atomic E-state index is -0.416. The molecule has 0 aliphatic carbocycles. The van der Waals surface area contributed by atoms with Crippen LogP contribution in [-0.2, 0) is 17.7 Å². The molecule has 0 saturated carbocycles. The number of halogens is 1. The Kier molecular flexibility index (Phi) is 4.21. The maximum absolute atomic E-state index is 11.5. The fraction of sp³-hybridized carbons (Fsp3) is 0.231. The molecule has 100 valence electrons. The van der Waals surface area contributed by atoms with E-state index in [1.54, 1.807) is 18.3 Å². The Hall–Kier alpha value is -1.82. The largest absolute Gasteiger partial charge is 0.465 e. The molecule has 0 bridgehead atoms. The fourth-order valence-electron chi connectivity index (χ4n) is 1.75. The topological polar surface area (TPSA) is 70.1 Å². The number of esters is 1. The highest BCUT2D eigenvalue weighted by molar-refractivity contribution is 9.10. The van der Waals surface area contributed by atoms with E-state index in [9.17, 15) is 4.79 Å². The molecule has 5 nitrogen and oxygen atoms in total. The molecule has 1 aromatic heterocycles. The number of benzene rings is 1. The lowest BCUT2D eigenvalue weighted by Gasteiger charge is -2.07. The number of aromatic nitrogens is 2. The molecule has 19 heavy (non-hydrogen) atoms. The number of hydrogen-bond acceptors (Lipinski definition) is 4. The zero-order valence-corrected chi connectivity index (χ0v) is 12.1. The number of nitrogens with two attached hydrogens (primary N) is 1. The molecule has 0 unspecified atom stereocenters. The van der Waals surface area contributed by atoms with Crippen LogP contribution in [0.25, 0.3) is 0 Å². The van der Waals surface area contributed by atoms with Crippen LogP contribution in [0.5, 0.6) is 0 Å². The number of nitrogens with zero attached hydrogens (tertiary/aromatic N) is 2. The third-order valence-corrected chi connectivity index (χ3v) is 3.16. The third-order valence-electron chi connectivity index (χ3n) is 2.75. The van der Waals surface area contributed by atoms with Crippen LogP contribution in [0.1, 0.15) is 15.9 Å². The Morgan fingerprint density at radius 1 is 1.53 bits per heavy atom. The fourth-order valence-corrected chi connectivity index (χ4v) is 2.08. The van der Waals surface area contributed by atoms with Gasteiger partial charge in [0.25, 0.3) is 0 Å². The summed E-state index contributed by atoms with van der Waals surface area (Å²) in [6.07, 6.45) is 4.40. The Balaban J connectivity index is 2.10. The standard InChI is InChI=1S/C13H14BrN3O2/c1-19-13(18)11-6-9(2-3-12(11)15)4-5-17-8-10(14)7-16-17/h2-3,6-8H,4-5,15H2,1H3. The van der Waals surface area contributed by atoms with Crippen molar-refractivity contribution in [3.05, 3.63) is 46.2 Å². The number of anilines is 1. The summed E-state index contributed by atoms with van der Waals surface area (Å²) in [7, 11) is 1.34. The highest BCUT2D eigenvalue weighted by Crippen LogP contribution is 2.16. The molecule has 0 fully saturated rings. The third kappa shape index (κ3) is 3.35. The molecule has 2 rings (SSSR count). The van der Waals surface area contributed by atoms with Gasteiger partial charge in [-0.25, -0.2) is 4.79 Å². The summed E-state index contributed by atoms with van der Waals surface area (Å²) in [6.45, 7) is 0.732. The number of methoxy groups -OCH3 is 1. The summed E-state index contributed by atoms with van der Waals surface area (Å²) in [5, 5.41) is 4.18. The first-order chi connectivity index (χ1) is 9.10. The molecule has 0 amide bonds. The summed E-state index contributed by atoms with van der Waals surface area (Å²) in [4.78, 5) is 11.5. The van der Waals surface area contributed by atoms with Gasteiger partial charge in [0.15, 0.2) is 0 Å². The van der Waals surface area contributed by atoms with E-state index in [0.29, 0.717) is 11.3 Å². The van der Waals surface area contributed by atoms with Crippen LogP contribution in [0.3, 0.4) is 0 Å². The van der Waals surface area contributed by atoms with Gasteiger partial charge in [0.2, 0.25) is 0 Å². The van der Waals surface area contributed by atoms with Gasteiger partial charge in [0.05, 0.1) is 23.3 Å². The molecule has 0 atom stereocenters. The number of carbonyl (C=O) groups excluding carboxylic acids is 1. The summed E-state index contributed by atoms with van der Waals surface area (Å²) in [6, 6.07) is 5.39. The first-order valence-corrected chi connectivity index (χ1v) is 6.54. The van der Waals surface area contributed by atoms with Crippen molar-refractivity contribution in [1.82, 2.24) is 9.78 Å². The second-order valence-corrected chi connectivity index (χ2v) is 5.00. The second kappa shape index (κ2) is 5.88. The molecule has 1 aromatic carbocycles. The van der Waals surface area contributed by atoms with E-state index in [1.165, 1.54) is 7.11 Å². The molecule has 6 heteroatoms. The average molecular weight is 324 g/mol. The summed E-state index contributed by atoms with van der Waals surface area (Å²) in [5.41, 5.74) is 7.60. The second-order valence-electron chi connectivity index (χ2n) is 4.08. The van der Waals surface area contributed by atoms with Gasteiger partial charge in [0, 0.05) is 18.4 Å². The smallest absolute Gasteiger partial charge is 0.339 e. The van der Waals surface area contributed by atoms with Crippen molar-refractivity contribution >= 4 is 27.6 Å². The van der Waals surface area contributed by atoms with Crippen LogP contribution in [0.2, 0.25) is 0 Å². The number of nitrogen functional groups attached to an aromatic ring is 1. The van der Waals surface area contributed by atoms with Gasteiger partial charge in [-0.15, -0.1) is 0 Å². The maximum Gasteiger partial charge on any atom is 0.339 e. The van der Waals surface area contributed by atoms with Crippen molar-refractivity contribution in [2.45, 2.75) is 13.0 Å². The number of rotatable bonds is 4. The van der Waals surface area contributed by atoms with Crippen LogP contribution in [0.4, 0.5) is 5.69 Å². The Morgan fingerprint density at radius 2 is 2.32 bits per heavy atom. The SMILES string of the molecule is COC(=O)c1cc(CCn2cc(Br)cn2)ccc1N. The lowest BCUT2D eigenvalue weighted by Crippen LogP contribution is -2.07. The zero-order chi connectivity index (χ0) is 13.8. The van der Waals surface area contributed by atoms with Gasteiger partial charge in [-0.3, -0.25) is 4.68 Å². The van der Waals surface area contributed by atoms with Gasteiger partial charge in [0.1, 0.15) is 0 Å². The lowest BCUT2D eigenvalue weighted by atomic mass is 10.1. The molecule has 0 radical (unpaired) electrons. The summed E-state index contributed by atoms with van der Waals surface area (Å²) >= 11 is 3.35. The number of aryl methyl sites for hydroxylation is 2. The minimum absolute atomic E-state index is 0.404. The van der Waals surface area contributed by atoms with Gasteiger partial charge in [-0.1, -0.05) is 6.07 Å². The van der Waals surface area contributed by atoms with Gasteiger partial charge in [-0.05, 0) is 40.0 Å². The van der Waals surface area contributed by atoms with E-state index in [2.05, 4.69) is 21.0 Å². The molecular formula is C13H14BrN3O2. The van der Waals surface area contributed by atoms with E-state index in [0.717, 1.165) is 23.0 Å². The molecule has 2 aromatic rings. The summed E-state index contributed by atoms with van der Waals surface area (Å²) in [5.74, 6) is -0.416. The monoisotopic (exact) mass is 323 g/mol. The van der Waals surface area contributed by atoms with E-state index in [-0.39, 0.29) is 0 Å². The maximum atomic E-state index is 11.5. The van der Waals surface area contributed by atoms with Gasteiger partial charge < -0.3 is 10.5 Å². The predicted molar refractivity (Wildman–Crippen MR) is 75.8 cm³/mol. The van der Waals surface area contributed by atoms with Crippen LogP contribution < -0.4 is 5.73 Å². The first kappa shape index (κ1) is 13.6. The van der Waals surface area contributed by atoms with Crippen molar-refractivity contribution < 1.29 is 9.53 Å². The molecule has 2 N–H and O–H groups in total. The van der Waals surface area contributed by atoms with Crippen LogP contribution in [-0.4, -0.2) is 22.9 Å². The van der Waals surface area contributed by atoms with Crippen LogP contribution >= 0.6 is 15.9 Å². The van der Waals surface area contributed by atoms with Gasteiger partial charge in [-0.2, -0.15) is 5.10 Å². The first-order valence-electron chi connectivity index (χ1n) is 5.75. The highest BCUT2D eigenvalue weighted by Gasteiger charge is 2.10.